The Kier molecular flexibility index (Phi) is 5.03. The summed E-state index contributed by atoms with van der Waals surface area (Å²) in [4.78, 5) is 0. The van der Waals surface area contributed by atoms with E-state index in [1.165, 1.54) is 64.2 Å². The van der Waals surface area contributed by atoms with Crippen LogP contribution >= 0.6 is 0 Å². The van der Waals surface area contributed by atoms with E-state index in [0.29, 0.717) is 24.0 Å². The van der Waals surface area contributed by atoms with Gasteiger partial charge in [0, 0.05) is 0 Å². The van der Waals surface area contributed by atoms with Gasteiger partial charge in [0.1, 0.15) is 5.75 Å². The molecule has 2 heteroatoms. The van der Waals surface area contributed by atoms with Crippen molar-refractivity contribution in [3.63, 3.8) is 0 Å². The molecule has 0 unspecified atom stereocenters. The first-order valence-electron chi connectivity index (χ1n) is 9.02. The maximum absolute atomic E-state index is 10.9. The molecule has 2 saturated carbocycles. The molecule has 2 aliphatic rings. The third kappa shape index (κ3) is 3.29. The fourth-order valence-corrected chi connectivity index (χ4v) is 4.39. The van der Waals surface area contributed by atoms with Crippen LogP contribution in [-0.4, -0.2) is 5.11 Å². The molecular weight excluding hydrogens is 270 g/mol. The molecular formula is C20H27NO. The number of benzene rings is 1. The van der Waals surface area contributed by atoms with Crippen molar-refractivity contribution >= 4 is 0 Å². The van der Waals surface area contributed by atoms with E-state index >= 15 is 0 Å². The molecule has 0 bridgehead atoms. The van der Waals surface area contributed by atoms with Gasteiger partial charge in [-0.3, -0.25) is 0 Å². The van der Waals surface area contributed by atoms with Crippen LogP contribution in [0.2, 0.25) is 0 Å². The quantitative estimate of drug-likeness (QED) is 0.794. The lowest BCUT2D eigenvalue weighted by atomic mass is 9.78. The second-order valence-corrected chi connectivity index (χ2v) is 7.13. The predicted molar refractivity (Wildman–Crippen MR) is 89.1 cm³/mol. The van der Waals surface area contributed by atoms with Crippen molar-refractivity contribution in [3.05, 3.63) is 28.8 Å². The summed E-state index contributed by atoms with van der Waals surface area (Å²) in [7, 11) is 0. The predicted octanol–water partition coefficient (Wildman–Crippen LogP) is 5.55. The number of nitrogens with zero attached hydrogens (tertiary/aromatic N) is 1. The average Bonchev–Trinajstić information content (AvgIpc) is 2.58. The van der Waals surface area contributed by atoms with Gasteiger partial charge in [-0.2, -0.15) is 5.26 Å². The van der Waals surface area contributed by atoms with Crippen LogP contribution in [0, 0.1) is 11.3 Å². The van der Waals surface area contributed by atoms with Crippen molar-refractivity contribution in [2.24, 2.45) is 0 Å². The summed E-state index contributed by atoms with van der Waals surface area (Å²) in [6.07, 6.45) is 12.9. The Labute approximate surface area is 134 Å². The molecule has 2 nitrogen and oxygen atoms in total. The highest BCUT2D eigenvalue weighted by Gasteiger charge is 2.25. The van der Waals surface area contributed by atoms with E-state index in [0.717, 1.165) is 16.7 Å². The van der Waals surface area contributed by atoms with Gasteiger partial charge < -0.3 is 5.11 Å². The number of hydrogen-bond acceptors (Lipinski definition) is 2. The van der Waals surface area contributed by atoms with Gasteiger partial charge in [0.15, 0.2) is 0 Å². The number of phenols is 1. The molecule has 1 aromatic carbocycles. The van der Waals surface area contributed by atoms with Crippen LogP contribution in [0.3, 0.4) is 0 Å². The fraction of sp³-hybridized carbons (Fsp3) is 0.650. The molecule has 0 amide bonds. The zero-order valence-electron chi connectivity index (χ0n) is 13.5. The van der Waals surface area contributed by atoms with E-state index < -0.39 is 0 Å². The summed E-state index contributed by atoms with van der Waals surface area (Å²) in [6, 6.07) is 6.51. The lowest BCUT2D eigenvalue weighted by Gasteiger charge is -2.28. The molecule has 0 heterocycles. The van der Waals surface area contributed by atoms with Crippen molar-refractivity contribution in [3.8, 4) is 11.8 Å². The number of nitriles is 1. The van der Waals surface area contributed by atoms with Gasteiger partial charge in [0.25, 0.3) is 0 Å². The number of rotatable bonds is 3. The molecule has 1 aromatic rings. The van der Waals surface area contributed by atoms with E-state index in [2.05, 4.69) is 18.2 Å². The van der Waals surface area contributed by atoms with Gasteiger partial charge in [0.05, 0.1) is 12.5 Å². The second-order valence-electron chi connectivity index (χ2n) is 7.13. The molecule has 0 spiro atoms. The van der Waals surface area contributed by atoms with Gasteiger partial charge in [-0.1, -0.05) is 50.7 Å². The topological polar surface area (TPSA) is 44.0 Å². The van der Waals surface area contributed by atoms with Gasteiger partial charge in [-0.25, -0.2) is 0 Å². The van der Waals surface area contributed by atoms with Crippen LogP contribution < -0.4 is 0 Å². The molecule has 3 rings (SSSR count). The Morgan fingerprint density at radius 3 is 1.73 bits per heavy atom. The minimum atomic E-state index is 0.458. The standard InChI is InChI=1S/C20H27NO/c21-12-11-15-13-18(16-7-3-1-4-8-16)20(22)19(14-15)17-9-5-2-6-10-17/h13-14,16-17,22H,1-11H2. The zero-order valence-corrected chi connectivity index (χ0v) is 13.5. The number of hydrogen-bond donors (Lipinski definition) is 1. The number of phenolic OH excluding ortho intramolecular Hbond substituents is 1. The zero-order chi connectivity index (χ0) is 15.4. The third-order valence-corrected chi connectivity index (χ3v) is 5.60. The molecule has 0 atom stereocenters. The normalized spacial score (nSPS) is 20.7. The maximum atomic E-state index is 10.9. The highest BCUT2D eigenvalue weighted by atomic mass is 16.3. The summed E-state index contributed by atoms with van der Waals surface area (Å²) in [5.74, 6) is 1.55. The van der Waals surface area contributed by atoms with E-state index in [1.807, 2.05) is 0 Å². The van der Waals surface area contributed by atoms with Crippen LogP contribution in [0.15, 0.2) is 12.1 Å². The lowest BCUT2D eigenvalue weighted by Crippen LogP contribution is -2.10. The summed E-state index contributed by atoms with van der Waals surface area (Å²) >= 11 is 0. The molecule has 2 fully saturated rings. The van der Waals surface area contributed by atoms with Gasteiger partial charge >= 0.3 is 0 Å². The summed E-state index contributed by atoms with van der Waals surface area (Å²) in [6.45, 7) is 0. The van der Waals surface area contributed by atoms with Crippen LogP contribution in [0.5, 0.6) is 5.75 Å². The van der Waals surface area contributed by atoms with Crippen LogP contribution in [0.4, 0.5) is 0 Å². The first kappa shape index (κ1) is 15.4. The minimum absolute atomic E-state index is 0.458. The Bertz CT molecular complexity index is 506. The monoisotopic (exact) mass is 297 g/mol. The van der Waals surface area contributed by atoms with Gasteiger partial charge in [-0.05, 0) is 54.2 Å². The maximum Gasteiger partial charge on any atom is 0.122 e. The lowest BCUT2D eigenvalue weighted by molar-refractivity contribution is 0.392. The van der Waals surface area contributed by atoms with E-state index in [4.69, 9.17) is 5.26 Å². The van der Waals surface area contributed by atoms with Crippen molar-refractivity contribution < 1.29 is 5.11 Å². The summed E-state index contributed by atoms with van der Waals surface area (Å²) < 4.78 is 0. The van der Waals surface area contributed by atoms with Crippen LogP contribution in [-0.2, 0) is 6.42 Å². The van der Waals surface area contributed by atoms with Crippen molar-refractivity contribution in [2.45, 2.75) is 82.5 Å². The largest absolute Gasteiger partial charge is 0.507 e. The van der Waals surface area contributed by atoms with Crippen molar-refractivity contribution in [2.75, 3.05) is 0 Å². The molecule has 0 radical (unpaired) electrons. The Morgan fingerprint density at radius 1 is 0.864 bits per heavy atom. The average molecular weight is 297 g/mol. The first-order chi connectivity index (χ1) is 10.8. The van der Waals surface area contributed by atoms with Crippen molar-refractivity contribution in [1.29, 1.82) is 5.26 Å². The highest BCUT2D eigenvalue weighted by molar-refractivity contribution is 5.48. The van der Waals surface area contributed by atoms with Crippen LogP contribution in [0.1, 0.15) is 92.7 Å². The second kappa shape index (κ2) is 7.18. The molecule has 0 aliphatic heterocycles. The Hall–Kier alpha value is -1.49. The molecule has 0 aromatic heterocycles. The first-order valence-corrected chi connectivity index (χ1v) is 9.02. The molecule has 2 aliphatic carbocycles. The Morgan fingerprint density at radius 2 is 1.32 bits per heavy atom. The smallest absolute Gasteiger partial charge is 0.122 e. The molecule has 118 valence electrons. The number of aromatic hydroxyl groups is 1. The highest BCUT2D eigenvalue weighted by Crippen LogP contribution is 2.44. The SMILES string of the molecule is N#CCc1cc(C2CCCCC2)c(O)c(C2CCCCC2)c1. The van der Waals surface area contributed by atoms with E-state index in [9.17, 15) is 5.11 Å². The van der Waals surface area contributed by atoms with E-state index in [1.54, 1.807) is 0 Å². The summed E-state index contributed by atoms with van der Waals surface area (Å²) in [5, 5.41) is 20.0. The van der Waals surface area contributed by atoms with Crippen molar-refractivity contribution in [1.82, 2.24) is 0 Å². The van der Waals surface area contributed by atoms with Crippen LogP contribution in [0.25, 0.3) is 0 Å². The van der Waals surface area contributed by atoms with Gasteiger partial charge in [0.2, 0.25) is 0 Å². The summed E-state index contributed by atoms with van der Waals surface area (Å²) in [5.41, 5.74) is 3.36. The molecule has 1 N–H and O–H groups in total. The minimum Gasteiger partial charge on any atom is -0.507 e. The fourth-order valence-electron chi connectivity index (χ4n) is 4.39. The third-order valence-electron chi connectivity index (χ3n) is 5.60. The van der Waals surface area contributed by atoms with E-state index in [-0.39, 0.29) is 0 Å². The van der Waals surface area contributed by atoms with Gasteiger partial charge in [-0.15, -0.1) is 0 Å². The molecule has 22 heavy (non-hydrogen) atoms. The Balaban J connectivity index is 1.96. The molecule has 0 saturated heterocycles.